The first-order chi connectivity index (χ1) is 12.7. The summed E-state index contributed by atoms with van der Waals surface area (Å²) in [6, 6.07) is 15.7. The largest absolute Gasteiger partial charge is 0.469 e. The van der Waals surface area contributed by atoms with Crippen molar-refractivity contribution in [1.29, 1.82) is 0 Å². The van der Waals surface area contributed by atoms with Crippen molar-refractivity contribution in [2.45, 2.75) is 5.92 Å². The summed E-state index contributed by atoms with van der Waals surface area (Å²) in [6.45, 7) is 0.337. The zero-order chi connectivity index (χ0) is 17.9. The van der Waals surface area contributed by atoms with Crippen LogP contribution in [0.5, 0.6) is 0 Å². The number of hydrogen-bond acceptors (Lipinski definition) is 5. The van der Waals surface area contributed by atoms with Crippen LogP contribution in [-0.4, -0.2) is 12.5 Å². The summed E-state index contributed by atoms with van der Waals surface area (Å²) >= 11 is 1.60. The Kier molecular flexibility index (Phi) is 4.41. The van der Waals surface area contributed by atoms with Gasteiger partial charge in [0.15, 0.2) is 11.2 Å². The van der Waals surface area contributed by atoms with Crippen molar-refractivity contribution in [3.8, 4) is 0 Å². The fourth-order valence-electron chi connectivity index (χ4n) is 2.82. The molecular weight excluding hydrogens is 350 g/mol. The molecule has 3 aromatic heterocycles. The number of nitrogens with one attached hydrogen (secondary N) is 1. The van der Waals surface area contributed by atoms with Crippen molar-refractivity contribution in [3.63, 3.8) is 0 Å². The Morgan fingerprint density at radius 2 is 2.00 bits per heavy atom. The van der Waals surface area contributed by atoms with Gasteiger partial charge in [-0.15, -0.1) is 11.3 Å². The topological polar surface area (TPSA) is 72.5 Å². The van der Waals surface area contributed by atoms with E-state index in [9.17, 15) is 9.59 Å². The van der Waals surface area contributed by atoms with Gasteiger partial charge in [-0.05, 0) is 35.7 Å². The third kappa shape index (κ3) is 3.19. The Morgan fingerprint density at radius 3 is 2.77 bits per heavy atom. The minimum absolute atomic E-state index is 0.00178. The number of carbonyl (C=O) groups is 1. The number of carbonyl (C=O) groups excluding carboxylic acids is 1. The molecule has 0 saturated carbocycles. The van der Waals surface area contributed by atoms with Crippen LogP contribution in [0.4, 0.5) is 0 Å². The van der Waals surface area contributed by atoms with Crippen LogP contribution in [0.15, 0.2) is 79.9 Å². The Balaban J connectivity index is 1.57. The molecule has 4 rings (SSSR count). The Morgan fingerprint density at radius 1 is 1.12 bits per heavy atom. The van der Waals surface area contributed by atoms with Crippen LogP contribution in [0, 0.1) is 0 Å². The highest BCUT2D eigenvalue weighted by molar-refractivity contribution is 7.10. The number of para-hydroxylation sites is 1. The van der Waals surface area contributed by atoms with Crippen molar-refractivity contribution in [2.75, 3.05) is 6.54 Å². The van der Waals surface area contributed by atoms with Crippen LogP contribution in [0.2, 0.25) is 0 Å². The third-order valence-corrected chi connectivity index (χ3v) is 5.08. The number of rotatable bonds is 5. The van der Waals surface area contributed by atoms with Crippen LogP contribution < -0.4 is 10.7 Å². The molecule has 0 radical (unpaired) electrons. The second-order valence-corrected chi connectivity index (χ2v) is 6.74. The van der Waals surface area contributed by atoms with E-state index in [1.165, 1.54) is 6.07 Å². The van der Waals surface area contributed by atoms with Crippen LogP contribution in [0.3, 0.4) is 0 Å². The van der Waals surface area contributed by atoms with Gasteiger partial charge in [-0.25, -0.2) is 0 Å². The van der Waals surface area contributed by atoms with Crippen LogP contribution in [-0.2, 0) is 0 Å². The van der Waals surface area contributed by atoms with Gasteiger partial charge in [0, 0.05) is 17.5 Å². The standard InChI is InChI=1S/C20H15NO4S/c22-15-11-18(25-17-6-2-1-5-13(15)17)20(23)21-12-14(16-7-3-9-24-16)19-8-4-10-26-19/h1-11,14H,12H2,(H,21,23)/t14-/m1/s1. The molecule has 0 aliphatic heterocycles. The molecule has 0 aliphatic carbocycles. The second kappa shape index (κ2) is 7.01. The van der Waals surface area contributed by atoms with E-state index in [0.717, 1.165) is 10.6 Å². The van der Waals surface area contributed by atoms with Gasteiger partial charge in [-0.1, -0.05) is 18.2 Å². The first-order valence-corrected chi connectivity index (χ1v) is 8.98. The number of thiophene rings is 1. The molecule has 130 valence electrons. The zero-order valence-corrected chi connectivity index (χ0v) is 14.5. The lowest BCUT2D eigenvalue weighted by Gasteiger charge is -2.14. The SMILES string of the molecule is O=C(NC[C@H](c1ccco1)c1cccs1)c1cc(=O)c2ccccc2o1. The molecule has 1 amide bonds. The van der Waals surface area contributed by atoms with Crippen molar-refractivity contribution in [1.82, 2.24) is 5.32 Å². The summed E-state index contributed by atoms with van der Waals surface area (Å²) in [5.41, 5.74) is 0.156. The first-order valence-electron chi connectivity index (χ1n) is 8.10. The van der Waals surface area contributed by atoms with Gasteiger partial charge in [0.05, 0.1) is 17.6 Å². The normalized spacial score (nSPS) is 12.2. The minimum Gasteiger partial charge on any atom is -0.469 e. The fourth-order valence-corrected chi connectivity index (χ4v) is 3.65. The average molecular weight is 365 g/mol. The molecule has 0 aliphatic rings. The van der Waals surface area contributed by atoms with E-state index >= 15 is 0 Å². The highest BCUT2D eigenvalue weighted by Crippen LogP contribution is 2.28. The van der Waals surface area contributed by atoms with Crippen molar-refractivity contribution in [2.24, 2.45) is 0 Å². The molecule has 0 bridgehead atoms. The van der Waals surface area contributed by atoms with Crippen molar-refractivity contribution < 1.29 is 13.6 Å². The quantitative estimate of drug-likeness (QED) is 0.580. The Labute approximate surface area is 152 Å². The molecule has 0 fully saturated rings. The maximum atomic E-state index is 12.5. The monoisotopic (exact) mass is 365 g/mol. The summed E-state index contributed by atoms with van der Waals surface area (Å²) in [4.78, 5) is 25.8. The van der Waals surface area contributed by atoms with Crippen LogP contribution in [0.1, 0.15) is 27.1 Å². The van der Waals surface area contributed by atoms with E-state index in [1.807, 2.05) is 29.6 Å². The number of amides is 1. The molecule has 5 nitrogen and oxygen atoms in total. The maximum Gasteiger partial charge on any atom is 0.287 e. The van der Waals surface area contributed by atoms with Gasteiger partial charge < -0.3 is 14.2 Å². The predicted octanol–water partition coefficient (Wildman–Crippen LogP) is 4.01. The molecule has 26 heavy (non-hydrogen) atoms. The van der Waals surface area contributed by atoms with E-state index in [4.69, 9.17) is 8.83 Å². The average Bonchev–Trinajstić information content (AvgIpc) is 3.36. The number of furan rings is 1. The molecule has 0 unspecified atom stereocenters. The van der Waals surface area contributed by atoms with E-state index in [0.29, 0.717) is 17.5 Å². The molecule has 0 spiro atoms. The third-order valence-electron chi connectivity index (χ3n) is 4.10. The summed E-state index contributed by atoms with van der Waals surface area (Å²) in [6.07, 6.45) is 1.61. The van der Waals surface area contributed by atoms with Crippen molar-refractivity contribution in [3.05, 3.63) is 92.9 Å². The lowest BCUT2D eigenvalue weighted by Crippen LogP contribution is -2.29. The van der Waals surface area contributed by atoms with Gasteiger partial charge in [0.1, 0.15) is 11.3 Å². The molecule has 1 aromatic carbocycles. The molecule has 4 aromatic rings. The first kappa shape index (κ1) is 16.4. The van der Waals surface area contributed by atoms with E-state index < -0.39 is 5.91 Å². The lowest BCUT2D eigenvalue weighted by molar-refractivity contribution is 0.0924. The van der Waals surface area contributed by atoms with Gasteiger partial charge in [0.2, 0.25) is 0 Å². The summed E-state index contributed by atoms with van der Waals surface area (Å²) in [5, 5.41) is 5.28. The second-order valence-electron chi connectivity index (χ2n) is 5.76. The van der Waals surface area contributed by atoms with Crippen LogP contribution in [0.25, 0.3) is 11.0 Å². The van der Waals surface area contributed by atoms with Crippen molar-refractivity contribution >= 4 is 28.2 Å². The van der Waals surface area contributed by atoms with Gasteiger partial charge in [-0.3, -0.25) is 9.59 Å². The number of hydrogen-bond donors (Lipinski definition) is 1. The maximum absolute atomic E-state index is 12.5. The van der Waals surface area contributed by atoms with Gasteiger partial charge >= 0.3 is 0 Å². The minimum atomic E-state index is -0.430. The molecular formula is C20H15NO4S. The molecule has 0 saturated heterocycles. The Bertz CT molecular complexity index is 1050. The molecule has 1 atom stereocenters. The number of fused-ring (bicyclic) bond motifs is 1. The van der Waals surface area contributed by atoms with E-state index in [2.05, 4.69) is 5.32 Å². The zero-order valence-electron chi connectivity index (χ0n) is 13.7. The smallest absolute Gasteiger partial charge is 0.287 e. The number of benzene rings is 1. The van der Waals surface area contributed by atoms with Crippen LogP contribution >= 0.6 is 11.3 Å². The summed E-state index contributed by atoms with van der Waals surface area (Å²) in [5.74, 6) is 0.243. The molecule has 6 heteroatoms. The predicted molar refractivity (Wildman–Crippen MR) is 99.7 cm³/mol. The molecule has 3 heterocycles. The summed E-state index contributed by atoms with van der Waals surface area (Å²) < 4.78 is 11.1. The Hall–Kier alpha value is -3.12. The van der Waals surface area contributed by atoms with E-state index in [-0.39, 0.29) is 17.1 Å². The van der Waals surface area contributed by atoms with E-state index in [1.54, 1.807) is 41.9 Å². The molecule has 1 N–H and O–H groups in total. The van der Waals surface area contributed by atoms with Gasteiger partial charge in [0.25, 0.3) is 5.91 Å². The fraction of sp³-hybridized carbons (Fsp3) is 0.100. The van der Waals surface area contributed by atoms with Gasteiger partial charge in [-0.2, -0.15) is 0 Å². The highest BCUT2D eigenvalue weighted by atomic mass is 32.1. The highest BCUT2D eigenvalue weighted by Gasteiger charge is 2.20. The summed E-state index contributed by atoms with van der Waals surface area (Å²) in [7, 11) is 0. The lowest BCUT2D eigenvalue weighted by atomic mass is 10.0.